The number of fused-ring (bicyclic) bond motifs is 1. The zero-order valence-electron chi connectivity index (χ0n) is 20.0. The van der Waals surface area contributed by atoms with Crippen LogP contribution in [-0.2, 0) is 0 Å². The van der Waals surface area contributed by atoms with Gasteiger partial charge in [0.1, 0.15) is 0 Å². The van der Waals surface area contributed by atoms with E-state index >= 15 is 0 Å². The average molecular weight is 488 g/mol. The van der Waals surface area contributed by atoms with Crippen LogP contribution in [0.15, 0.2) is 144 Å². The van der Waals surface area contributed by atoms with Crippen molar-refractivity contribution >= 4 is 33.6 Å². The van der Waals surface area contributed by atoms with Crippen LogP contribution in [0.5, 0.6) is 0 Å². The molecule has 0 saturated carbocycles. The van der Waals surface area contributed by atoms with Crippen molar-refractivity contribution in [1.82, 2.24) is 14.2 Å². The van der Waals surface area contributed by atoms with Gasteiger partial charge in [-0.05, 0) is 0 Å². The molecule has 0 aliphatic carbocycles. The van der Waals surface area contributed by atoms with Crippen LogP contribution in [0, 0.1) is 0 Å². The summed E-state index contributed by atoms with van der Waals surface area (Å²) in [5, 5.41) is 3.50. The van der Waals surface area contributed by atoms with E-state index in [0.717, 1.165) is 11.1 Å². The van der Waals surface area contributed by atoms with Crippen molar-refractivity contribution in [2.75, 3.05) is 6.66 Å². The first kappa shape index (κ1) is 22.2. The molecule has 4 nitrogen and oxygen atoms in total. The van der Waals surface area contributed by atoms with Crippen molar-refractivity contribution in [2.45, 2.75) is 0 Å². The van der Waals surface area contributed by atoms with Gasteiger partial charge in [0.15, 0.2) is 0 Å². The minimum absolute atomic E-state index is 0.109. The Hall–Kier alpha value is -4.27. The van der Waals surface area contributed by atoms with Crippen LogP contribution in [0.2, 0.25) is 0 Å². The Morgan fingerprint density at radius 3 is 1.53 bits per heavy atom. The number of hydrogen-bond donors (Lipinski definition) is 0. The van der Waals surface area contributed by atoms with Gasteiger partial charge in [0.2, 0.25) is 0 Å². The molecule has 0 aliphatic heterocycles. The number of aromatic nitrogens is 3. The topological polar surface area (TPSA) is 39.3 Å². The molecule has 5 heteroatoms. The first-order chi connectivity index (χ1) is 17.6. The third-order valence-corrected chi connectivity index (χ3v) is 13.4. The van der Waals surface area contributed by atoms with Gasteiger partial charge in [0.25, 0.3) is 0 Å². The first-order valence-electron chi connectivity index (χ1n) is 12.0. The molecule has 4 aromatic carbocycles. The summed E-state index contributed by atoms with van der Waals surface area (Å²) in [6, 6.07) is 45.1. The van der Waals surface area contributed by atoms with E-state index in [0.29, 0.717) is 5.65 Å². The fourth-order valence-electron chi connectivity index (χ4n) is 5.32. The molecule has 2 aromatic heterocycles. The van der Waals surface area contributed by atoms with Crippen LogP contribution < -0.4 is 26.9 Å². The summed E-state index contributed by atoms with van der Waals surface area (Å²) in [5.41, 5.74) is 2.23. The van der Waals surface area contributed by atoms with Crippen molar-refractivity contribution in [3.63, 3.8) is 0 Å². The van der Waals surface area contributed by atoms with E-state index in [1.807, 2.05) is 65.5 Å². The normalized spacial score (nSPS) is 12.8. The van der Waals surface area contributed by atoms with Crippen LogP contribution in [0.4, 0.5) is 0 Å². The summed E-state index contributed by atoms with van der Waals surface area (Å²) in [6.07, 6.45) is 1.90. The number of benzene rings is 4. The molecule has 6 aromatic rings. The summed E-state index contributed by atoms with van der Waals surface area (Å²) in [5.74, 6) is 0. The zero-order chi connectivity index (χ0) is 24.6. The molecule has 2 heterocycles. The molecule has 0 atom stereocenters. The van der Waals surface area contributed by atoms with E-state index < -0.39 is 6.60 Å². The summed E-state index contributed by atoms with van der Waals surface area (Å²) in [6.45, 7) is -1.06. The Labute approximate surface area is 210 Å². The molecule has 0 aliphatic rings. The van der Waals surface area contributed by atoms with E-state index in [-0.39, 0.29) is 5.56 Å². The van der Waals surface area contributed by atoms with Gasteiger partial charge in [-0.2, -0.15) is 0 Å². The van der Waals surface area contributed by atoms with Gasteiger partial charge >= 0.3 is 210 Å². The third kappa shape index (κ3) is 3.12. The molecule has 0 bridgehead atoms. The molecule has 0 unspecified atom stereocenters. The molecule has 36 heavy (non-hydrogen) atoms. The molecular weight excluding hydrogens is 461 g/mol. The van der Waals surface area contributed by atoms with Gasteiger partial charge in [-0.25, -0.2) is 0 Å². The second-order valence-electron chi connectivity index (χ2n) is 9.19. The number of rotatable bonds is 5. The molecule has 176 valence electrons. The first-order valence-corrected chi connectivity index (χ1v) is 14.6. The van der Waals surface area contributed by atoms with E-state index in [4.69, 9.17) is 4.98 Å². The second kappa shape index (κ2) is 8.44. The van der Waals surface area contributed by atoms with E-state index in [2.05, 4.69) is 79.5 Å². The fourth-order valence-corrected chi connectivity index (χ4v) is 10.6. The Kier molecular flexibility index (Phi) is 5.21. The fraction of sp³-hybridized carbons (Fsp3) is 0.0323. The molecular formula is C31H26N3OP. The maximum atomic E-state index is 13.9. The van der Waals surface area contributed by atoms with Gasteiger partial charge in [-0.15, -0.1) is 0 Å². The quantitative estimate of drug-likeness (QED) is 0.341. The number of para-hydroxylation sites is 1. The van der Waals surface area contributed by atoms with Gasteiger partial charge < -0.3 is 0 Å². The van der Waals surface area contributed by atoms with E-state index in [1.54, 1.807) is 10.6 Å². The minimum atomic E-state index is -3.38. The van der Waals surface area contributed by atoms with Gasteiger partial charge in [-0.3, -0.25) is 0 Å². The van der Waals surface area contributed by atoms with Crippen molar-refractivity contribution in [3.05, 3.63) is 150 Å². The van der Waals surface area contributed by atoms with Crippen LogP contribution >= 0.6 is 6.60 Å². The van der Waals surface area contributed by atoms with Crippen molar-refractivity contribution in [3.8, 4) is 5.69 Å². The van der Waals surface area contributed by atoms with Crippen LogP contribution in [0.1, 0.15) is 0 Å². The monoisotopic (exact) mass is 487 g/mol. The summed E-state index contributed by atoms with van der Waals surface area (Å²) >= 11 is 0. The number of hydrogen-bond acceptors (Lipinski definition) is 2. The summed E-state index contributed by atoms with van der Waals surface area (Å²) in [7, 11) is 0. The molecule has 0 N–H and O–H groups in total. The molecule has 0 saturated heterocycles. The summed E-state index contributed by atoms with van der Waals surface area (Å²) < 4.78 is 3.49. The number of nitrogens with zero attached hydrogens (tertiary/aromatic N) is 3. The predicted molar refractivity (Wildman–Crippen MR) is 151 cm³/mol. The summed E-state index contributed by atoms with van der Waals surface area (Å²) in [4.78, 5) is 19.1. The van der Waals surface area contributed by atoms with Crippen LogP contribution in [-0.4, -0.2) is 20.8 Å². The molecule has 0 amide bonds. The molecule has 0 fully saturated rings. The van der Waals surface area contributed by atoms with Crippen molar-refractivity contribution in [1.29, 1.82) is 0 Å². The molecule has 0 radical (unpaired) electrons. The Morgan fingerprint density at radius 2 is 1.06 bits per heavy atom. The Morgan fingerprint density at radius 1 is 0.611 bits per heavy atom. The van der Waals surface area contributed by atoms with Crippen molar-refractivity contribution in [2.24, 2.45) is 0 Å². The average Bonchev–Trinajstić information content (AvgIpc) is 3.40. The zero-order valence-corrected chi connectivity index (χ0v) is 20.9. The Bertz CT molecular complexity index is 1610. The standard InChI is InChI=1S/C31H26N3OP/c1-36(26-16-8-3-9-17-26,27-18-10-4-11-19-27,28-20-12-5-13-21-28)30-24-31(35)34-29(32-30)22-23-33(34)25-14-6-2-7-15-25/h2-24H,1H3. The van der Waals surface area contributed by atoms with Gasteiger partial charge in [0.05, 0.1) is 0 Å². The second-order valence-corrected chi connectivity index (χ2v) is 14.3. The third-order valence-electron chi connectivity index (χ3n) is 7.29. The Balaban J connectivity index is 1.75. The molecule has 0 spiro atoms. The van der Waals surface area contributed by atoms with Gasteiger partial charge in [0, 0.05) is 0 Å². The maximum absolute atomic E-state index is 13.9. The predicted octanol–water partition coefficient (Wildman–Crippen LogP) is 4.27. The van der Waals surface area contributed by atoms with Crippen LogP contribution in [0.25, 0.3) is 11.3 Å². The van der Waals surface area contributed by atoms with Crippen LogP contribution in [0.3, 0.4) is 0 Å². The van der Waals surface area contributed by atoms with E-state index in [9.17, 15) is 4.79 Å². The SMILES string of the molecule is CP(c1ccccc1)(c1ccccc1)(c1ccccc1)c1cc(=O)n2c(ccn2-c2ccccc2)n1. The van der Waals surface area contributed by atoms with Crippen molar-refractivity contribution < 1.29 is 0 Å². The van der Waals surface area contributed by atoms with Gasteiger partial charge in [-0.1, -0.05) is 0 Å². The van der Waals surface area contributed by atoms with E-state index in [1.165, 1.54) is 15.9 Å². The molecule has 6 rings (SSSR count).